The monoisotopic (exact) mass is 254 g/mol. The first-order chi connectivity index (χ1) is 8.61. The second-order valence-electron chi connectivity index (χ2n) is 5.71. The third-order valence-electron chi connectivity index (χ3n) is 5.01. The Labute approximate surface area is 112 Å². The van der Waals surface area contributed by atoms with E-state index in [0.717, 1.165) is 37.7 Å². The number of aliphatic hydroxyl groups excluding tert-OH is 2. The van der Waals surface area contributed by atoms with Crippen molar-refractivity contribution in [1.29, 1.82) is 0 Å². The molecule has 0 aromatic carbocycles. The molecule has 2 N–H and O–H groups in total. The fourth-order valence-corrected chi connectivity index (χ4v) is 3.78. The predicted molar refractivity (Wildman–Crippen MR) is 76.4 cm³/mol. The van der Waals surface area contributed by atoms with Gasteiger partial charge in [-0.3, -0.25) is 0 Å². The lowest BCUT2D eigenvalue weighted by atomic mass is 9.57. The van der Waals surface area contributed by atoms with Crippen molar-refractivity contribution in [2.45, 2.75) is 65.9 Å². The van der Waals surface area contributed by atoms with E-state index in [9.17, 15) is 10.2 Å². The summed E-state index contributed by atoms with van der Waals surface area (Å²) in [5.41, 5.74) is 0.807. The normalized spacial score (nSPS) is 36.6. The third kappa shape index (κ3) is 2.50. The largest absolute Gasteiger partial charge is 0.396 e. The summed E-state index contributed by atoms with van der Waals surface area (Å²) in [6, 6.07) is 0. The van der Waals surface area contributed by atoms with Crippen LogP contribution in [0, 0.1) is 17.3 Å². The Hall–Kier alpha value is -0.340. The molecule has 0 fully saturated rings. The van der Waals surface area contributed by atoms with Crippen molar-refractivity contribution in [3.05, 3.63) is 11.6 Å². The number of rotatable bonds is 6. The fourth-order valence-electron chi connectivity index (χ4n) is 3.78. The van der Waals surface area contributed by atoms with Crippen molar-refractivity contribution in [2.75, 3.05) is 6.61 Å². The van der Waals surface area contributed by atoms with Crippen molar-refractivity contribution in [3.8, 4) is 0 Å². The minimum absolute atomic E-state index is 0.100. The highest BCUT2D eigenvalue weighted by Gasteiger charge is 2.48. The Morgan fingerprint density at radius 2 is 1.89 bits per heavy atom. The molecule has 1 rings (SSSR count). The van der Waals surface area contributed by atoms with Gasteiger partial charge in [0, 0.05) is 5.41 Å². The van der Waals surface area contributed by atoms with Gasteiger partial charge in [-0.1, -0.05) is 40.2 Å². The smallest absolute Gasteiger partial charge is 0.0831 e. The Morgan fingerprint density at radius 3 is 2.28 bits per heavy atom. The molecule has 0 radical (unpaired) electrons. The van der Waals surface area contributed by atoms with Crippen LogP contribution in [-0.2, 0) is 0 Å². The summed E-state index contributed by atoms with van der Waals surface area (Å²) in [6.07, 6.45) is 6.87. The molecule has 0 amide bonds. The van der Waals surface area contributed by atoms with E-state index >= 15 is 0 Å². The lowest BCUT2D eigenvalue weighted by molar-refractivity contribution is -0.0709. The minimum Gasteiger partial charge on any atom is -0.396 e. The van der Waals surface area contributed by atoms with Gasteiger partial charge in [0.25, 0.3) is 0 Å². The zero-order valence-corrected chi connectivity index (χ0v) is 12.4. The average molecular weight is 254 g/mol. The van der Waals surface area contributed by atoms with Crippen molar-refractivity contribution >= 4 is 0 Å². The molecule has 0 aromatic rings. The van der Waals surface area contributed by atoms with Crippen LogP contribution in [0.5, 0.6) is 0 Å². The molecule has 0 aliphatic heterocycles. The fraction of sp³-hybridized carbons (Fsp3) is 0.875. The number of allylic oxidation sites excluding steroid dienone is 1. The lowest BCUT2D eigenvalue weighted by Gasteiger charge is -2.49. The molecule has 1 aliphatic carbocycles. The summed E-state index contributed by atoms with van der Waals surface area (Å²) >= 11 is 0. The van der Waals surface area contributed by atoms with Crippen LogP contribution in [0.2, 0.25) is 0 Å². The van der Waals surface area contributed by atoms with Gasteiger partial charge in [-0.15, -0.1) is 0 Å². The minimum atomic E-state index is -0.461. The van der Waals surface area contributed by atoms with Crippen LogP contribution in [-0.4, -0.2) is 22.9 Å². The van der Waals surface area contributed by atoms with E-state index < -0.39 is 6.10 Å². The van der Waals surface area contributed by atoms with Crippen LogP contribution in [0.15, 0.2) is 11.6 Å². The van der Waals surface area contributed by atoms with Gasteiger partial charge >= 0.3 is 0 Å². The molecule has 0 bridgehead atoms. The summed E-state index contributed by atoms with van der Waals surface area (Å²) in [4.78, 5) is 0. The molecule has 2 nitrogen and oxygen atoms in total. The average Bonchev–Trinajstić information content (AvgIpc) is 2.40. The maximum absolute atomic E-state index is 10.7. The van der Waals surface area contributed by atoms with Crippen LogP contribution in [0.3, 0.4) is 0 Å². The number of hydrogen-bond acceptors (Lipinski definition) is 2. The highest BCUT2D eigenvalue weighted by molar-refractivity contribution is 5.21. The number of hydrogen-bond donors (Lipinski definition) is 2. The highest BCUT2D eigenvalue weighted by Crippen LogP contribution is 2.49. The molecule has 2 heteroatoms. The van der Waals surface area contributed by atoms with E-state index in [1.165, 1.54) is 0 Å². The predicted octanol–water partition coefficient (Wildman–Crippen LogP) is 3.53. The second-order valence-corrected chi connectivity index (χ2v) is 5.71. The zero-order valence-electron chi connectivity index (χ0n) is 12.4. The first-order valence-corrected chi connectivity index (χ1v) is 7.60. The van der Waals surface area contributed by atoms with E-state index in [0.29, 0.717) is 11.8 Å². The second kappa shape index (κ2) is 6.72. The molecule has 0 saturated carbocycles. The topological polar surface area (TPSA) is 40.5 Å². The van der Waals surface area contributed by atoms with Gasteiger partial charge in [0.1, 0.15) is 0 Å². The highest BCUT2D eigenvalue weighted by atomic mass is 16.3. The maximum Gasteiger partial charge on any atom is 0.0831 e. The SMILES string of the molecule is CCC[C@H]1[C@@H](CC)C=C(CC)[C@H](O)[C@@]1(CC)CO. The van der Waals surface area contributed by atoms with Gasteiger partial charge in [-0.05, 0) is 43.1 Å². The van der Waals surface area contributed by atoms with Gasteiger partial charge in [0.2, 0.25) is 0 Å². The molecule has 0 unspecified atom stereocenters. The third-order valence-corrected chi connectivity index (χ3v) is 5.01. The van der Waals surface area contributed by atoms with Crippen molar-refractivity contribution in [1.82, 2.24) is 0 Å². The molecular weight excluding hydrogens is 224 g/mol. The van der Waals surface area contributed by atoms with Gasteiger partial charge in [-0.25, -0.2) is 0 Å². The standard InChI is InChI=1S/C16H30O2/c1-5-9-14-12(6-2)10-13(7-3)15(18)16(14,8-4)11-17/h10,12,14-15,17-18H,5-9,11H2,1-4H3/t12-,14-,15-,16-/m0/s1. The van der Waals surface area contributed by atoms with Crippen LogP contribution in [0.25, 0.3) is 0 Å². The lowest BCUT2D eigenvalue weighted by Crippen LogP contribution is -2.50. The van der Waals surface area contributed by atoms with Gasteiger partial charge in [0.05, 0.1) is 12.7 Å². The van der Waals surface area contributed by atoms with E-state index in [2.05, 4.69) is 33.8 Å². The summed E-state index contributed by atoms with van der Waals surface area (Å²) < 4.78 is 0. The van der Waals surface area contributed by atoms with E-state index in [-0.39, 0.29) is 12.0 Å². The van der Waals surface area contributed by atoms with E-state index in [1.807, 2.05) is 0 Å². The maximum atomic E-state index is 10.7. The molecule has 0 saturated heterocycles. The Kier molecular flexibility index (Phi) is 5.87. The van der Waals surface area contributed by atoms with Crippen LogP contribution in [0.1, 0.15) is 59.8 Å². The first-order valence-electron chi connectivity index (χ1n) is 7.60. The van der Waals surface area contributed by atoms with Crippen molar-refractivity contribution < 1.29 is 10.2 Å². The summed E-state index contributed by atoms with van der Waals surface area (Å²) in [5.74, 6) is 0.920. The van der Waals surface area contributed by atoms with E-state index in [1.54, 1.807) is 0 Å². The van der Waals surface area contributed by atoms with Gasteiger partial charge in [-0.2, -0.15) is 0 Å². The van der Waals surface area contributed by atoms with Crippen molar-refractivity contribution in [2.24, 2.45) is 17.3 Å². The van der Waals surface area contributed by atoms with Gasteiger partial charge < -0.3 is 10.2 Å². The molecule has 4 atom stereocenters. The van der Waals surface area contributed by atoms with Crippen LogP contribution in [0.4, 0.5) is 0 Å². The Balaban J connectivity index is 3.20. The van der Waals surface area contributed by atoms with Crippen LogP contribution < -0.4 is 0 Å². The molecule has 0 spiro atoms. The summed E-state index contributed by atoms with van der Waals surface area (Å²) in [6.45, 7) is 8.71. The van der Waals surface area contributed by atoms with Crippen LogP contribution >= 0.6 is 0 Å². The molecule has 106 valence electrons. The van der Waals surface area contributed by atoms with E-state index in [4.69, 9.17) is 0 Å². The first kappa shape index (κ1) is 15.7. The Bertz CT molecular complexity index is 279. The quantitative estimate of drug-likeness (QED) is 0.712. The summed E-state index contributed by atoms with van der Waals surface area (Å²) in [7, 11) is 0. The molecule has 0 aromatic heterocycles. The zero-order chi connectivity index (χ0) is 13.8. The van der Waals surface area contributed by atoms with Gasteiger partial charge in [0.15, 0.2) is 0 Å². The Morgan fingerprint density at radius 1 is 1.22 bits per heavy atom. The molecular formula is C16H30O2. The summed E-state index contributed by atoms with van der Waals surface area (Å²) in [5, 5.41) is 20.6. The molecule has 18 heavy (non-hydrogen) atoms. The molecule has 0 heterocycles. The van der Waals surface area contributed by atoms with Crippen molar-refractivity contribution in [3.63, 3.8) is 0 Å². The number of aliphatic hydroxyl groups is 2. The molecule has 1 aliphatic rings.